The van der Waals surface area contributed by atoms with Crippen molar-refractivity contribution in [2.75, 3.05) is 13.2 Å². The van der Waals surface area contributed by atoms with Crippen LogP contribution in [0.15, 0.2) is 12.2 Å². The maximum absolute atomic E-state index is 12.7. The third-order valence-electron chi connectivity index (χ3n) is 4.81. The number of amides is 1. The van der Waals surface area contributed by atoms with Crippen LogP contribution >= 0.6 is 0 Å². The molecule has 0 aromatic rings. The van der Waals surface area contributed by atoms with E-state index >= 15 is 0 Å². The molecule has 2 bridgehead atoms. The van der Waals surface area contributed by atoms with Gasteiger partial charge in [0.05, 0.1) is 25.2 Å². The van der Waals surface area contributed by atoms with Crippen LogP contribution in [0.4, 0.5) is 0 Å². The molecule has 3 heterocycles. The van der Waals surface area contributed by atoms with Crippen LogP contribution in [0.5, 0.6) is 0 Å². The maximum atomic E-state index is 12.7. The van der Waals surface area contributed by atoms with Gasteiger partial charge in [-0.2, -0.15) is 0 Å². The lowest BCUT2D eigenvalue weighted by Gasteiger charge is -2.26. The quantitative estimate of drug-likeness (QED) is 0.572. The van der Waals surface area contributed by atoms with Gasteiger partial charge in [0.2, 0.25) is 5.91 Å². The van der Waals surface area contributed by atoms with Crippen molar-refractivity contribution in [2.24, 2.45) is 11.8 Å². The van der Waals surface area contributed by atoms with Gasteiger partial charge in [0.15, 0.2) is 0 Å². The normalized spacial score (nSPS) is 39.2. The van der Waals surface area contributed by atoms with E-state index in [0.29, 0.717) is 13.2 Å². The molecule has 3 rings (SSSR count). The Morgan fingerprint density at radius 3 is 3.00 bits per heavy atom. The third kappa shape index (κ3) is 1.65. The Kier molecular flexibility index (Phi) is 3.12. The molecule has 0 aromatic carbocycles. The first-order valence-electron chi connectivity index (χ1n) is 7.38. The largest absolute Gasteiger partial charge is 0.466 e. The summed E-state index contributed by atoms with van der Waals surface area (Å²) in [5, 5.41) is 0. The molecular weight excluding hydrogens is 258 g/mol. The van der Waals surface area contributed by atoms with E-state index in [-0.39, 0.29) is 24.0 Å². The predicted molar refractivity (Wildman–Crippen MR) is 71.8 cm³/mol. The minimum atomic E-state index is -0.609. The van der Waals surface area contributed by atoms with Crippen molar-refractivity contribution in [3.63, 3.8) is 0 Å². The molecule has 1 amide bonds. The topological polar surface area (TPSA) is 55.8 Å². The summed E-state index contributed by atoms with van der Waals surface area (Å²) < 4.78 is 11.1. The fourth-order valence-corrected chi connectivity index (χ4v) is 3.63. The molecule has 3 aliphatic rings. The second kappa shape index (κ2) is 4.58. The molecule has 110 valence electrons. The van der Waals surface area contributed by atoms with Gasteiger partial charge in [-0.25, -0.2) is 0 Å². The Morgan fingerprint density at radius 1 is 1.60 bits per heavy atom. The molecule has 0 unspecified atom stereocenters. The van der Waals surface area contributed by atoms with Gasteiger partial charge in [0.25, 0.3) is 0 Å². The molecule has 3 aliphatic heterocycles. The van der Waals surface area contributed by atoms with E-state index in [0.717, 1.165) is 6.42 Å². The Labute approximate surface area is 118 Å². The third-order valence-corrected chi connectivity index (χ3v) is 4.81. The molecule has 0 aliphatic carbocycles. The smallest absolute Gasteiger partial charge is 0.312 e. The van der Waals surface area contributed by atoms with E-state index in [2.05, 4.69) is 6.92 Å². The molecule has 1 spiro atoms. The first-order valence-corrected chi connectivity index (χ1v) is 7.38. The first-order chi connectivity index (χ1) is 9.54. The SMILES string of the molecule is CCOC(=O)[C@H]1[C@@H]2C=C[C@]3(CN([C@H](C)CC)C(=O)[C@H]13)O2. The lowest BCUT2D eigenvalue weighted by atomic mass is 9.77. The van der Waals surface area contributed by atoms with Crippen molar-refractivity contribution in [2.45, 2.75) is 44.9 Å². The highest BCUT2D eigenvalue weighted by Crippen LogP contribution is 2.52. The number of hydrogen-bond acceptors (Lipinski definition) is 4. The van der Waals surface area contributed by atoms with E-state index in [1.807, 2.05) is 24.0 Å². The average molecular weight is 279 g/mol. The van der Waals surface area contributed by atoms with E-state index in [1.54, 1.807) is 6.92 Å². The number of nitrogens with zero attached hydrogens (tertiary/aromatic N) is 1. The molecule has 0 N–H and O–H groups in total. The summed E-state index contributed by atoms with van der Waals surface area (Å²) >= 11 is 0. The molecule has 2 saturated heterocycles. The highest BCUT2D eigenvalue weighted by molar-refractivity contribution is 5.91. The Morgan fingerprint density at radius 2 is 2.35 bits per heavy atom. The standard InChI is InChI=1S/C15H21NO4/c1-4-9(3)16-8-15-7-6-10(20-15)11(12(15)13(16)17)14(18)19-5-2/h6-7,9-12H,4-5,8H2,1-3H3/t9-,10+,11+,12+,15-/m1/s1. The molecule has 0 radical (unpaired) electrons. The zero-order valence-electron chi connectivity index (χ0n) is 12.2. The zero-order valence-corrected chi connectivity index (χ0v) is 12.2. The minimum absolute atomic E-state index is 0.0317. The van der Waals surface area contributed by atoms with Crippen LogP contribution in [0.25, 0.3) is 0 Å². The highest BCUT2D eigenvalue weighted by Gasteiger charge is 2.67. The van der Waals surface area contributed by atoms with Crippen LogP contribution in [-0.4, -0.2) is 47.7 Å². The second-order valence-electron chi connectivity index (χ2n) is 5.88. The molecule has 20 heavy (non-hydrogen) atoms. The van der Waals surface area contributed by atoms with Gasteiger partial charge in [-0.15, -0.1) is 0 Å². The number of fused-ring (bicyclic) bond motifs is 1. The summed E-state index contributed by atoms with van der Waals surface area (Å²) in [6, 6.07) is 0.168. The van der Waals surface area contributed by atoms with Gasteiger partial charge in [-0.1, -0.05) is 19.1 Å². The molecular formula is C15H21NO4. The lowest BCUT2D eigenvalue weighted by molar-refractivity contribution is -0.153. The summed E-state index contributed by atoms with van der Waals surface area (Å²) in [7, 11) is 0. The van der Waals surface area contributed by atoms with Crippen LogP contribution in [0.2, 0.25) is 0 Å². The van der Waals surface area contributed by atoms with E-state index < -0.39 is 17.4 Å². The fourth-order valence-electron chi connectivity index (χ4n) is 3.63. The van der Waals surface area contributed by atoms with Crippen molar-refractivity contribution >= 4 is 11.9 Å². The van der Waals surface area contributed by atoms with Crippen LogP contribution in [0.3, 0.4) is 0 Å². The first kappa shape index (κ1) is 13.6. The zero-order chi connectivity index (χ0) is 14.5. The highest BCUT2D eigenvalue weighted by atomic mass is 16.6. The van der Waals surface area contributed by atoms with Gasteiger partial charge in [-0.05, 0) is 20.3 Å². The lowest BCUT2D eigenvalue weighted by Crippen LogP contribution is -2.41. The summed E-state index contributed by atoms with van der Waals surface area (Å²) in [4.78, 5) is 26.7. The Hall–Kier alpha value is -1.36. The van der Waals surface area contributed by atoms with Gasteiger partial charge in [-0.3, -0.25) is 9.59 Å². The molecule has 5 atom stereocenters. The van der Waals surface area contributed by atoms with Crippen molar-refractivity contribution < 1.29 is 19.1 Å². The van der Waals surface area contributed by atoms with Crippen molar-refractivity contribution in [3.05, 3.63) is 12.2 Å². The number of likely N-dealkylation sites (tertiary alicyclic amines) is 1. The second-order valence-corrected chi connectivity index (χ2v) is 5.88. The monoisotopic (exact) mass is 279 g/mol. The summed E-state index contributed by atoms with van der Waals surface area (Å²) in [6.45, 7) is 6.74. The van der Waals surface area contributed by atoms with Crippen LogP contribution < -0.4 is 0 Å². The average Bonchev–Trinajstić information content (AvgIpc) is 3.06. The number of hydrogen-bond donors (Lipinski definition) is 0. The number of carbonyl (C=O) groups excluding carboxylic acids is 2. The van der Waals surface area contributed by atoms with Gasteiger partial charge < -0.3 is 14.4 Å². The number of carbonyl (C=O) groups is 2. The predicted octanol–water partition coefficient (Wildman–Crippen LogP) is 1.13. The summed E-state index contributed by atoms with van der Waals surface area (Å²) in [6.07, 6.45) is 4.47. The van der Waals surface area contributed by atoms with Crippen molar-refractivity contribution in [1.82, 2.24) is 4.90 Å². The molecule has 5 heteroatoms. The molecule has 0 aromatic heterocycles. The van der Waals surface area contributed by atoms with Crippen molar-refractivity contribution in [1.29, 1.82) is 0 Å². The number of ether oxygens (including phenoxy) is 2. The summed E-state index contributed by atoms with van der Waals surface area (Å²) in [5.41, 5.74) is -0.609. The molecule has 2 fully saturated rings. The maximum Gasteiger partial charge on any atom is 0.312 e. The van der Waals surface area contributed by atoms with E-state index in [1.165, 1.54) is 0 Å². The number of rotatable bonds is 4. The molecule has 0 saturated carbocycles. The minimum Gasteiger partial charge on any atom is -0.466 e. The molecule has 5 nitrogen and oxygen atoms in total. The van der Waals surface area contributed by atoms with E-state index in [9.17, 15) is 9.59 Å². The summed E-state index contributed by atoms with van der Waals surface area (Å²) in [5.74, 6) is -1.18. The Bertz CT molecular complexity index is 474. The van der Waals surface area contributed by atoms with Crippen molar-refractivity contribution in [3.8, 4) is 0 Å². The van der Waals surface area contributed by atoms with Crippen LogP contribution in [0, 0.1) is 11.8 Å². The van der Waals surface area contributed by atoms with Gasteiger partial charge in [0.1, 0.15) is 11.5 Å². The van der Waals surface area contributed by atoms with Crippen LogP contribution in [0.1, 0.15) is 27.2 Å². The van der Waals surface area contributed by atoms with E-state index in [4.69, 9.17) is 9.47 Å². The fraction of sp³-hybridized carbons (Fsp3) is 0.733. The van der Waals surface area contributed by atoms with Crippen LogP contribution in [-0.2, 0) is 19.1 Å². The number of esters is 1. The van der Waals surface area contributed by atoms with Gasteiger partial charge >= 0.3 is 5.97 Å². The Balaban J connectivity index is 1.90. The van der Waals surface area contributed by atoms with Gasteiger partial charge in [0, 0.05) is 6.04 Å².